The fourth-order valence-corrected chi connectivity index (χ4v) is 4.80. The van der Waals surface area contributed by atoms with Crippen molar-refractivity contribution in [3.63, 3.8) is 0 Å². The molecule has 1 amide bonds. The second-order valence-corrected chi connectivity index (χ2v) is 10.5. The number of carbonyl (C=O) groups excluding carboxylic acids is 2. The van der Waals surface area contributed by atoms with Crippen LogP contribution in [0.25, 0.3) is 11.1 Å². The fourth-order valence-electron chi connectivity index (χ4n) is 3.83. The highest BCUT2D eigenvalue weighted by molar-refractivity contribution is 7.15. The Morgan fingerprint density at radius 2 is 1.71 bits per heavy atom. The summed E-state index contributed by atoms with van der Waals surface area (Å²) in [6.45, 7) is 13.1. The van der Waals surface area contributed by atoms with E-state index in [4.69, 9.17) is 9.47 Å². The van der Waals surface area contributed by atoms with Crippen molar-refractivity contribution >= 4 is 28.2 Å². The minimum Gasteiger partial charge on any atom is -0.494 e. The van der Waals surface area contributed by atoms with E-state index in [2.05, 4.69) is 44.3 Å². The molecule has 35 heavy (non-hydrogen) atoms. The van der Waals surface area contributed by atoms with Crippen molar-refractivity contribution < 1.29 is 19.1 Å². The van der Waals surface area contributed by atoms with Crippen LogP contribution in [0.3, 0.4) is 0 Å². The van der Waals surface area contributed by atoms with Crippen molar-refractivity contribution in [2.45, 2.75) is 59.8 Å². The average Bonchev–Trinajstić information content (AvgIpc) is 3.19. The van der Waals surface area contributed by atoms with Crippen molar-refractivity contribution in [2.75, 3.05) is 18.5 Å². The normalized spacial score (nSPS) is 11.3. The fraction of sp³-hybridized carbons (Fsp3) is 0.379. The quantitative estimate of drug-likeness (QED) is 0.251. The average molecular weight is 494 g/mol. The van der Waals surface area contributed by atoms with Crippen LogP contribution >= 0.6 is 11.3 Å². The molecule has 0 spiro atoms. The Bertz CT molecular complexity index is 1170. The first-order valence-electron chi connectivity index (χ1n) is 12.0. The van der Waals surface area contributed by atoms with E-state index in [1.807, 2.05) is 43.5 Å². The molecule has 0 aliphatic heterocycles. The van der Waals surface area contributed by atoms with Crippen LogP contribution in [0.1, 0.15) is 67.6 Å². The second kappa shape index (κ2) is 11.5. The number of hydrogen-bond acceptors (Lipinski definition) is 5. The zero-order valence-corrected chi connectivity index (χ0v) is 22.3. The third-order valence-corrected chi connectivity index (χ3v) is 6.63. The lowest BCUT2D eigenvalue weighted by Crippen LogP contribution is -2.15. The molecule has 0 unspecified atom stereocenters. The zero-order chi connectivity index (χ0) is 25.6. The standard InChI is InChI=1S/C29H35NO4S/c1-7-33-28(32)26-24(23-15-10-19(2)17-20(23)3)18-35-27(26)30-25(31)9-8-16-34-22-13-11-21(12-14-22)29(4,5)6/h10-15,17-18H,7-9,16H2,1-6H3,(H,30,31). The van der Waals surface area contributed by atoms with E-state index in [0.29, 0.717) is 30.0 Å². The van der Waals surface area contributed by atoms with Gasteiger partial charge in [0.25, 0.3) is 0 Å². The van der Waals surface area contributed by atoms with Gasteiger partial charge >= 0.3 is 5.97 Å². The topological polar surface area (TPSA) is 64.6 Å². The molecule has 3 rings (SSSR count). The number of anilines is 1. The molecule has 0 bridgehead atoms. The molecule has 2 aromatic carbocycles. The molecule has 0 fully saturated rings. The van der Waals surface area contributed by atoms with Gasteiger partial charge < -0.3 is 14.8 Å². The Labute approximate surface area is 212 Å². The van der Waals surface area contributed by atoms with E-state index < -0.39 is 5.97 Å². The van der Waals surface area contributed by atoms with Crippen molar-refractivity contribution in [1.82, 2.24) is 0 Å². The monoisotopic (exact) mass is 493 g/mol. The second-order valence-electron chi connectivity index (χ2n) is 9.67. The number of amides is 1. The lowest BCUT2D eigenvalue weighted by molar-refractivity contribution is -0.116. The van der Waals surface area contributed by atoms with E-state index in [0.717, 1.165) is 28.0 Å². The van der Waals surface area contributed by atoms with Gasteiger partial charge in [-0.3, -0.25) is 4.79 Å². The van der Waals surface area contributed by atoms with Crippen LogP contribution in [0.2, 0.25) is 0 Å². The Balaban J connectivity index is 1.63. The first-order valence-corrected chi connectivity index (χ1v) is 12.9. The van der Waals surface area contributed by atoms with Gasteiger partial charge in [0.1, 0.15) is 16.3 Å². The Kier molecular flexibility index (Phi) is 8.73. The predicted molar refractivity (Wildman–Crippen MR) is 144 cm³/mol. The van der Waals surface area contributed by atoms with Gasteiger partial charge in [0.15, 0.2) is 0 Å². The molecular formula is C29H35NO4S. The van der Waals surface area contributed by atoms with Gasteiger partial charge in [0, 0.05) is 17.4 Å². The summed E-state index contributed by atoms with van der Waals surface area (Å²) in [4.78, 5) is 25.5. The summed E-state index contributed by atoms with van der Waals surface area (Å²) < 4.78 is 11.1. The van der Waals surface area contributed by atoms with E-state index in [-0.39, 0.29) is 17.9 Å². The van der Waals surface area contributed by atoms with Gasteiger partial charge in [-0.2, -0.15) is 0 Å². The van der Waals surface area contributed by atoms with Crippen LogP contribution in [0.5, 0.6) is 5.75 Å². The summed E-state index contributed by atoms with van der Waals surface area (Å²) >= 11 is 1.34. The zero-order valence-electron chi connectivity index (χ0n) is 21.5. The summed E-state index contributed by atoms with van der Waals surface area (Å²) in [5.41, 5.74) is 5.72. The van der Waals surface area contributed by atoms with Crippen LogP contribution < -0.4 is 10.1 Å². The van der Waals surface area contributed by atoms with Gasteiger partial charge in [-0.25, -0.2) is 4.79 Å². The maximum atomic E-state index is 12.8. The largest absolute Gasteiger partial charge is 0.494 e. The van der Waals surface area contributed by atoms with E-state index in [1.54, 1.807) is 6.92 Å². The number of nitrogens with one attached hydrogen (secondary N) is 1. The molecule has 1 heterocycles. The number of carbonyl (C=O) groups is 2. The molecule has 3 aromatic rings. The smallest absolute Gasteiger partial charge is 0.341 e. The lowest BCUT2D eigenvalue weighted by Gasteiger charge is -2.19. The minimum atomic E-state index is -0.430. The maximum Gasteiger partial charge on any atom is 0.341 e. The molecule has 0 radical (unpaired) electrons. The minimum absolute atomic E-state index is 0.0961. The molecule has 0 aliphatic carbocycles. The lowest BCUT2D eigenvalue weighted by atomic mass is 9.87. The van der Waals surface area contributed by atoms with Crippen molar-refractivity contribution in [3.8, 4) is 16.9 Å². The maximum absolute atomic E-state index is 12.8. The van der Waals surface area contributed by atoms with Crippen molar-refractivity contribution in [3.05, 3.63) is 70.1 Å². The molecule has 0 saturated heterocycles. The van der Waals surface area contributed by atoms with Gasteiger partial charge in [-0.1, -0.05) is 56.7 Å². The summed E-state index contributed by atoms with van der Waals surface area (Å²) in [5, 5.41) is 5.34. The highest BCUT2D eigenvalue weighted by atomic mass is 32.1. The Morgan fingerprint density at radius 1 is 1.00 bits per heavy atom. The predicted octanol–water partition coefficient (Wildman–Crippen LogP) is 7.30. The molecule has 186 valence electrons. The number of aryl methyl sites for hydroxylation is 2. The molecule has 1 aromatic heterocycles. The molecular weight excluding hydrogens is 458 g/mol. The van der Waals surface area contributed by atoms with Gasteiger partial charge in [-0.05, 0) is 61.4 Å². The number of esters is 1. The van der Waals surface area contributed by atoms with Crippen molar-refractivity contribution in [1.29, 1.82) is 0 Å². The molecule has 1 N–H and O–H groups in total. The molecule has 5 nitrogen and oxygen atoms in total. The van der Waals surface area contributed by atoms with E-state index in [1.165, 1.54) is 16.9 Å². The molecule has 0 saturated carbocycles. The first-order chi connectivity index (χ1) is 16.6. The Morgan fingerprint density at radius 3 is 2.34 bits per heavy atom. The van der Waals surface area contributed by atoms with Crippen LogP contribution in [-0.2, 0) is 14.9 Å². The van der Waals surface area contributed by atoms with Gasteiger partial charge in [-0.15, -0.1) is 11.3 Å². The van der Waals surface area contributed by atoms with Gasteiger partial charge in [0.2, 0.25) is 5.91 Å². The number of ether oxygens (including phenoxy) is 2. The van der Waals surface area contributed by atoms with Crippen molar-refractivity contribution in [2.24, 2.45) is 0 Å². The van der Waals surface area contributed by atoms with Crippen LogP contribution in [0.15, 0.2) is 47.8 Å². The highest BCUT2D eigenvalue weighted by Crippen LogP contribution is 2.38. The number of hydrogen-bond donors (Lipinski definition) is 1. The summed E-state index contributed by atoms with van der Waals surface area (Å²) in [6.07, 6.45) is 0.857. The summed E-state index contributed by atoms with van der Waals surface area (Å²) in [5.74, 6) is 0.205. The number of rotatable bonds is 9. The molecule has 6 heteroatoms. The third kappa shape index (κ3) is 6.95. The van der Waals surface area contributed by atoms with Crippen LogP contribution in [0, 0.1) is 13.8 Å². The number of benzene rings is 2. The van der Waals surface area contributed by atoms with Gasteiger partial charge in [0.05, 0.1) is 13.2 Å². The van der Waals surface area contributed by atoms with Crippen LogP contribution in [-0.4, -0.2) is 25.1 Å². The molecule has 0 aliphatic rings. The van der Waals surface area contributed by atoms with E-state index >= 15 is 0 Å². The van der Waals surface area contributed by atoms with Crippen LogP contribution in [0.4, 0.5) is 5.00 Å². The third-order valence-electron chi connectivity index (χ3n) is 5.73. The number of thiophene rings is 1. The SMILES string of the molecule is CCOC(=O)c1c(-c2ccc(C)cc2C)csc1NC(=O)CCCOc1ccc(C(C)(C)C)cc1. The first kappa shape index (κ1) is 26.5. The summed E-state index contributed by atoms with van der Waals surface area (Å²) in [7, 11) is 0. The van der Waals surface area contributed by atoms with E-state index in [9.17, 15) is 9.59 Å². The summed E-state index contributed by atoms with van der Waals surface area (Å²) in [6, 6.07) is 14.2. The molecule has 0 atom stereocenters. The Hall–Kier alpha value is -3.12. The highest BCUT2D eigenvalue weighted by Gasteiger charge is 2.23.